The van der Waals surface area contributed by atoms with Crippen LogP contribution in [-0.4, -0.2) is 56.0 Å². The molecule has 0 spiro atoms. The van der Waals surface area contributed by atoms with Crippen molar-refractivity contribution < 1.29 is 17.9 Å². The zero-order valence-corrected chi connectivity index (χ0v) is 13.8. The normalized spacial score (nSPS) is 34.8. The second kappa shape index (κ2) is 7.70. The average Bonchev–Trinajstić information content (AvgIpc) is 3.02. The molecule has 2 heterocycles. The van der Waals surface area contributed by atoms with Crippen LogP contribution in [0.4, 0.5) is 13.2 Å². The number of rotatable bonds is 4. The van der Waals surface area contributed by atoms with Gasteiger partial charge in [0.05, 0.1) is 12.5 Å². The third kappa shape index (κ3) is 5.07. The number of ether oxygens (including phenoxy) is 1. The fourth-order valence-corrected chi connectivity index (χ4v) is 4.35. The maximum atomic E-state index is 12.9. The topological polar surface area (TPSA) is 24.5 Å². The summed E-state index contributed by atoms with van der Waals surface area (Å²) in [6.45, 7) is 5.02. The predicted molar refractivity (Wildman–Crippen MR) is 83.3 cm³/mol. The van der Waals surface area contributed by atoms with E-state index < -0.39 is 12.1 Å². The average molecular weight is 334 g/mol. The van der Waals surface area contributed by atoms with Gasteiger partial charge in [-0.25, -0.2) is 0 Å². The van der Waals surface area contributed by atoms with Gasteiger partial charge >= 0.3 is 6.18 Å². The molecule has 0 bridgehead atoms. The number of alkyl halides is 3. The van der Waals surface area contributed by atoms with Crippen molar-refractivity contribution in [1.29, 1.82) is 0 Å². The minimum Gasteiger partial charge on any atom is -0.381 e. The summed E-state index contributed by atoms with van der Waals surface area (Å²) in [6, 6.07) is 0.443. The molecular weight excluding hydrogens is 305 g/mol. The van der Waals surface area contributed by atoms with Crippen LogP contribution in [0.1, 0.15) is 44.9 Å². The Morgan fingerprint density at radius 1 is 1.00 bits per heavy atom. The smallest absolute Gasteiger partial charge is 0.381 e. The highest BCUT2D eigenvalue weighted by molar-refractivity contribution is 4.86. The van der Waals surface area contributed by atoms with Crippen molar-refractivity contribution in [2.24, 2.45) is 11.8 Å². The van der Waals surface area contributed by atoms with E-state index >= 15 is 0 Å². The van der Waals surface area contributed by atoms with Gasteiger partial charge in [-0.15, -0.1) is 0 Å². The Bertz CT molecular complexity index is 363. The van der Waals surface area contributed by atoms with Crippen LogP contribution in [0.15, 0.2) is 0 Å². The first-order valence-corrected chi connectivity index (χ1v) is 9.13. The van der Waals surface area contributed by atoms with Crippen LogP contribution in [-0.2, 0) is 4.74 Å². The molecule has 3 aliphatic rings. The molecule has 2 aliphatic heterocycles. The lowest BCUT2D eigenvalue weighted by atomic mass is 9.84. The second-order valence-electron chi connectivity index (χ2n) is 7.57. The number of halogens is 3. The third-order valence-corrected chi connectivity index (χ3v) is 5.74. The highest BCUT2D eigenvalue weighted by Gasteiger charge is 2.42. The van der Waals surface area contributed by atoms with Gasteiger partial charge in [0, 0.05) is 25.2 Å². The lowest BCUT2D eigenvalue weighted by molar-refractivity contribution is -0.184. The second-order valence-corrected chi connectivity index (χ2v) is 7.57. The molecule has 2 saturated heterocycles. The van der Waals surface area contributed by atoms with E-state index in [1.165, 1.54) is 6.42 Å². The summed E-state index contributed by atoms with van der Waals surface area (Å²) < 4.78 is 44.1. The molecule has 3 rings (SSSR count). The van der Waals surface area contributed by atoms with Crippen LogP contribution in [0, 0.1) is 11.8 Å². The Kier molecular flexibility index (Phi) is 5.86. The van der Waals surface area contributed by atoms with E-state index in [4.69, 9.17) is 4.74 Å². The lowest BCUT2D eigenvalue weighted by Gasteiger charge is -2.38. The maximum Gasteiger partial charge on any atom is 0.391 e. The van der Waals surface area contributed by atoms with E-state index in [9.17, 15) is 13.2 Å². The number of hydrogen-bond donors (Lipinski definition) is 1. The molecular formula is C17H29F3N2O. The van der Waals surface area contributed by atoms with E-state index in [2.05, 4.69) is 10.2 Å². The summed E-state index contributed by atoms with van der Waals surface area (Å²) in [6.07, 6.45) is 1.43. The number of likely N-dealkylation sites (tertiary alicyclic amines) is 1. The van der Waals surface area contributed by atoms with Gasteiger partial charge in [-0.1, -0.05) is 6.42 Å². The summed E-state index contributed by atoms with van der Waals surface area (Å²) >= 11 is 0. The van der Waals surface area contributed by atoms with Crippen LogP contribution in [0.2, 0.25) is 0 Å². The molecule has 23 heavy (non-hydrogen) atoms. The maximum absolute atomic E-state index is 12.9. The van der Waals surface area contributed by atoms with Crippen molar-refractivity contribution in [2.75, 3.05) is 32.8 Å². The lowest BCUT2D eigenvalue weighted by Crippen LogP contribution is -2.49. The molecule has 0 amide bonds. The number of nitrogens with one attached hydrogen (secondary N) is 1. The predicted octanol–water partition coefficient (Wildman–Crippen LogP) is 3.20. The summed E-state index contributed by atoms with van der Waals surface area (Å²) in [4.78, 5) is 2.50. The van der Waals surface area contributed by atoms with Crippen molar-refractivity contribution in [3.05, 3.63) is 0 Å². The summed E-state index contributed by atoms with van der Waals surface area (Å²) in [5.41, 5.74) is 0. The van der Waals surface area contributed by atoms with Gasteiger partial charge in [-0.2, -0.15) is 13.2 Å². The Hall–Kier alpha value is -0.330. The fraction of sp³-hybridized carbons (Fsp3) is 1.00. The van der Waals surface area contributed by atoms with Crippen LogP contribution in [0.3, 0.4) is 0 Å². The Labute approximate surface area is 136 Å². The molecule has 3 nitrogen and oxygen atoms in total. The van der Waals surface area contributed by atoms with Gasteiger partial charge in [-0.05, 0) is 57.5 Å². The van der Waals surface area contributed by atoms with Crippen molar-refractivity contribution in [3.8, 4) is 0 Å². The molecule has 0 aromatic rings. The van der Waals surface area contributed by atoms with Gasteiger partial charge in [0.15, 0.2) is 0 Å². The van der Waals surface area contributed by atoms with Crippen LogP contribution >= 0.6 is 0 Å². The summed E-state index contributed by atoms with van der Waals surface area (Å²) in [7, 11) is 0. The standard InChI is InChI=1S/C17H29F3N2O/c18-17(19,20)14-2-1-3-16(10-14)21-15-4-7-22(8-5-15)11-13-6-9-23-12-13/h13-16,21H,1-12H2/t13-,14+,16+/m0/s1. The molecule has 0 aromatic heterocycles. The summed E-state index contributed by atoms with van der Waals surface area (Å²) in [5.74, 6) is -0.429. The van der Waals surface area contributed by atoms with Crippen molar-refractivity contribution in [3.63, 3.8) is 0 Å². The SMILES string of the molecule is FC(F)(F)[C@@H]1CCC[C@@H](NC2CCN(C[C@@H]3CCOC3)CC2)C1. The zero-order chi connectivity index (χ0) is 16.3. The third-order valence-electron chi connectivity index (χ3n) is 5.74. The molecule has 1 N–H and O–H groups in total. The minimum atomic E-state index is -4.02. The van der Waals surface area contributed by atoms with Crippen LogP contribution in [0.5, 0.6) is 0 Å². The van der Waals surface area contributed by atoms with Crippen molar-refractivity contribution in [2.45, 2.75) is 63.2 Å². The number of nitrogens with zero attached hydrogens (tertiary/aromatic N) is 1. The van der Waals surface area contributed by atoms with Crippen molar-refractivity contribution in [1.82, 2.24) is 10.2 Å². The Morgan fingerprint density at radius 2 is 1.78 bits per heavy atom. The van der Waals surface area contributed by atoms with E-state index in [0.717, 1.165) is 52.1 Å². The van der Waals surface area contributed by atoms with Gasteiger partial charge in [0.25, 0.3) is 0 Å². The molecule has 134 valence electrons. The van der Waals surface area contributed by atoms with Gasteiger partial charge < -0.3 is 15.0 Å². The van der Waals surface area contributed by atoms with E-state index in [1.54, 1.807) is 0 Å². The van der Waals surface area contributed by atoms with Crippen LogP contribution < -0.4 is 5.32 Å². The molecule has 0 aromatic carbocycles. The van der Waals surface area contributed by atoms with E-state index in [-0.39, 0.29) is 12.5 Å². The Balaban J connectivity index is 1.38. The zero-order valence-electron chi connectivity index (χ0n) is 13.8. The molecule has 1 aliphatic carbocycles. The first-order valence-electron chi connectivity index (χ1n) is 9.13. The fourth-order valence-electron chi connectivity index (χ4n) is 4.35. The van der Waals surface area contributed by atoms with Gasteiger partial charge in [0.1, 0.15) is 0 Å². The van der Waals surface area contributed by atoms with Crippen molar-refractivity contribution >= 4 is 0 Å². The summed E-state index contributed by atoms with van der Waals surface area (Å²) in [5, 5.41) is 3.52. The van der Waals surface area contributed by atoms with Gasteiger partial charge in [-0.3, -0.25) is 0 Å². The van der Waals surface area contributed by atoms with Gasteiger partial charge in [0.2, 0.25) is 0 Å². The first-order chi connectivity index (χ1) is 11.0. The molecule has 3 fully saturated rings. The quantitative estimate of drug-likeness (QED) is 0.854. The van der Waals surface area contributed by atoms with E-state index in [1.807, 2.05) is 0 Å². The minimum absolute atomic E-state index is 0.0511. The molecule has 3 atom stereocenters. The Morgan fingerprint density at radius 3 is 2.43 bits per heavy atom. The monoisotopic (exact) mass is 334 g/mol. The first kappa shape index (κ1) is 17.5. The molecule has 1 saturated carbocycles. The number of piperidine rings is 1. The molecule has 6 heteroatoms. The highest BCUT2D eigenvalue weighted by Crippen LogP contribution is 2.37. The van der Waals surface area contributed by atoms with Crippen LogP contribution in [0.25, 0.3) is 0 Å². The highest BCUT2D eigenvalue weighted by atomic mass is 19.4. The largest absolute Gasteiger partial charge is 0.391 e. The number of hydrogen-bond acceptors (Lipinski definition) is 3. The molecule has 0 unspecified atom stereocenters. The van der Waals surface area contributed by atoms with E-state index in [0.29, 0.717) is 24.8 Å². The molecule has 0 radical (unpaired) electrons.